The van der Waals surface area contributed by atoms with Gasteiger partial charge in [0, 0.05) is 24.6 Å². The molecule has 1 aliphatic heterocycles. The molecule has 2 heterocycles. The van der Waals surface area contributed by atoms with E-state index in [1.165, 1.54) is 11.5 Å². The molecule has 66 valence electrons. The highest BCUT2D eigenvalue weighted by atomic mass is 32.1. The molecule has 3 rings (SSSR count). The Hall–Kier alpha value is -1.22. The third kappa shape index (κ3) is 0.937. The SMILES string of the molecule is N#CC1[C@H]2CN(c3nnns3)C[C@@H]12. The van der Waals surface area contributed by atoms with Crippen LogP contribution in [0.15, 0.2) is 0 Å². The maximum atomic E-state index is 8.72. The molecule has 0 amide bonds. The number of hydrogen-bond acceptors (Lipinski definition) is 6. The van der Waals surface area contributed by atoms with Gasteiger partial charge in [-0.15, -0.1) is 0 Å². The van der Waals surface area contributed by atoms with Gasteiger partial charge >= 0.3 is 0 Å². The van der Waals surface area contributed by atoms with E-state index >= 15 is 0 Å². The van der Waals surface area contributed by atoms with Gasteiger partial charge in [-0.05, 0) is 17.0 Å². The normalized spacial score (nSPS) is 35.6. The van der Waals surface area contributed by atoms with Crippen LogP contribution in [0.3, 0.4) is 0 Å². The Kier molecular flexibility index (Phi) is 1.32. The second kappa shape index (κ2) is 2.39. The van der Waals surface area contributed by atoms with Gasteiger partial charge in [-0.1, -0.05) is 9.59 Å². The van der Waals surface area contributed by atoms with Crippen molar-refractivity contribution in [2.24, 2.45) is 17.8 Å². The number of hydrogen-bond donors (Lipinski definition) is 0. The molecule has 1 aromatic heterocycles. The van der Waals surface area contributed by atoms with Crippen molar-refractivity contribution < 1.29 is 0 Å². The van der Waals surface area contributed by atoms with Crippen LogP contribution in [-0.4, -0.2) is 27.9 Å². The first-order chi connectivity index (χ1) is 6.40. The molecule has 0 aromatic carbocycles. The van der Waals surface area contributed by atoms with Gasteiger partial charge in [-0.3, -0.25) is 0 Å². The van der Waals surface area contributed by atoms with Crippen LogP contribution in [0.25, 0.3) is 0 Å². The van der Waals surface area contributed by atoms with Crippen molar-refractivity contribution in [2.45, 2.75) is 0 Å². The van der Waals surface area contributed by atoms with Gasteiger partial charge in [0.15, 0.2) is 0 Å². The summed E-state index contributed by atoms with van der Waals surface area (Å²) < 4.78 is 3.72. The van der Waals surface area contributed by atoms with E-state index in [1.54, 1.807) is 0 Å². The van der Waals surface area contributed by atoms with Gasteiger partial charge in [-0.25, -0.2) is 0 Å². The molecule has 6 heteroatoms. The maximum absolute atomic E-state index is 8.72. The van der Waals surface area contributed by atoms with E-state index < -0.39 is 0 Å². The van der Waals surface area contributed by atoms with E-state index in [0.717, 1.165) is 18.2 Å². The lowest BCUT2D eigenvalue weighted by molar-refractivity contribution is 0.736. The molecule has 1 aliphatic carbocycles. The van der Waals surface area contributed by atoms with Crippen LogP contribution in [0.1, 0.15) is 0 Å². The molecule has 3 atom stereocenters. The lowest BCUT2D eigenvalue weighted by atomic mass is 10.3. The van der Waals surface area contributed by atoms with Crippen LogP contribution in [0, 0.1) is 29.1 Å². The van der Waals surface area contributed by atoms with Crippen LogP contribution >= 0.6 is 11.5 Å². The Labute approximate surface area is 79.1 Å². The average molecular weight is 193 g/mol. The largest absolute Gasteiger partial charge is 0.345 e. The van der Waals surface area contributed by atoms with E-state index in [0.29, 0.717) is 17.8 Å². The number of fused-ring (bicyclic) bond motifs is 1. The van der Waals surface area contributed by atoms with Crippen LogP contribution in [0.2, 0.25) is 0 Å². The first kappa shape index (κ1) is 7.21. The molecule has 13 heavy (non-hydrogen) atoms. The van der Waals surface area contributed by atoms with Gasteiger partial charge in [0.25, 0.3) is 0 Å². The lowest BCUT2D eigenvalue weighted by Gasteiger charge is -2.15. The number of anilines is 1. The summed E-state index contributed by atoms with van der Waals surface area (Å²) in [5.41, 5.74) is 0. The highest BCUT2D eigenvalue weighted by Gasteiger charge is 2.56. The Morgan fingerprint density at radius 2 is 2.23 bits per heavy atom. The van der Waals surface area contributed by atoms with Crippen LogP contribution in [0.4, 0.5) is 5.13 Å². The number of nitriles is 1. The van der Waals surface area contributed by atoms with Gasteiger partial charge in [0.1, 0.15) is 0 Å². The summed E-state index contributed by atoms with van der Waals surface area (Å²) >= 11 is 1.32. The standard InChI is InChI=1S/C7H7N5S/c8-1-4-5-2-12(3-6(4)5)7-9-10-11-13-7/h4-6H,2-3H2/t4?,5-,6+. The van der Waals surface area contributed by atoms with Crippen molar-refractivity contribution in [2.75, 3.05) is 18.0 Å². The van der Waals surface area contributed by atoms with Gasteiger partial charge in [0.05, 0.1) is 12.0 Å². The molecule has 1 unspecified atom stereocenters. The summed E-state index contributed by atoms with van der Waals surface area (Å²) in [5, 5.41) is 17.1. The third-order valence-corrected chi connectivity index (χ3v) is 3.56. The first-order valence-corrected chi connectivity index (χ1v) is 4.97. The molecule has 0 N–H and O–H groups in total. The summed E-state index contributed by atoms with van der Waals surface area (Å²) in [6, 6.07) is 2.33. The number of rotatable bonds is 1. The molecule has 0 spiro atoms. The van der Waals surface area contributed by atoms with Gasteiger partial charge < -0.3 is 4.90 Å². The fourth-order valence-electron chi connectivity index (χ4n) is 2.12. The Bertz CT molecular complexity index is 343. The zero-order chi connectivity index (χ0) is 8.84. The van der Waals surface area contributed by atoms with E-state index in [2.05, 4.69) is 25.8 Å². The van der Waals surface area contributed by atoms with Crippen molar-refractivity contribution in [1.29, 1.82) is 5.26 Å². The van der Waals surface area contributed by atoms with E-state index in [9.17, 15) is 0 Å². The molecular formula is C7H7N5S. The summed E-state index contributed by atoms with van der Waals surface area (Å²) in [6.45, 7) is 1.92. The molecule has 5 nitrogen and oxygen atoms in total. The minimum absolute atomic E-state index is 0.303. The van der Waals surface area contributed by atoms with Crippen LogP contribution in [0.5, 0.6) is 0 Å². The van der Waals surface area contributed by atoms with E-state index in [-0.39, 0.29) is 0 Å². The van der Waals surface area contributed by atoms with Crippen molar-refractivity contribution in [3.63, 3.8) is 0 Å². The Morgan fingerprint density at radius 1 is 1.46 bits per heavy atom. The van der Waals surface area contributed by atoms with Gasteiger partial charge in [-0.2, -0.15) is 5.26 Å². The van der Waals surface area contributed by atoms with Crippen LogP contribution in [-0.2, 0) is 0 Å². The van der Waals surface area contributed by atoms with Crippen molar-refractivity contribution in [3.05, 3.63) is 0 Å². The molecular weight excluding hydrogens is 186 g/mol. The van der Waals surface area contributed by atoms with Crippen molar-refractivity contribution in [3.8, 4) is 6.07 Å². The highest BCUT2D eigenvalue weighted by Crippen LogP contribution is 2.51. The average Bonchev–Trinajstić information content (AvgIpc) is 2.68. The Balaban J connectivity index is 1.72. The van der Waals surface area contributed by atoms with E-state index in [4.69, 9.17) is 5.26 Å². The molecule has 2 fully saturated rings. The number of piperidine rings is 1. The molecule has 1 saturated carbocycles. The zero-order valence-electron chi connectivity index (χ0n) is 6.79. The minimum atomic E-state index is 0.303. The summed E-state index contributed by atoms with van der Waals surface area (Å²) in [6.07, 6.45) is 0. The predicted octanol–water partition coefficient (Wildman–Crippen LogP) is 0.139. The summed E-state index contributed by atoms with van der Waals surface area (Å²) in [4.78, 5) is 2.17. The molecule has 0 radical (unpaired) electrons. The molecule has 2 aliphatic rings. The van der Waals surface area contributed by atoms with E-state index in [1.807, 2.05) is 0 Å². The highest BCUT2D eigenvalue weighted by molar-refractivity contribution is 7.09. The van der Waals surface area contributed by atoms with Crippen molar-refractivity contribution in [1.82, 2.24) is 14.8 Å². The second-order valence-corrected chi connectivity index (χ2v) is 4.24. The second-order valence-electron chi connectivity index (χ2n) is 3.53. The summed E-state index contributed by atoms with van der Waals surface area (Å²) in [5.74, 6) is 1.46. The van der Waals surface area contributed by atoms with Gasteiger partial charge in [0.2, 0.25) is 5.13 Å². The number of nitrogens with zero attached hydrogens (tertiary/aromatic N) is 5. The molecule has 0 bridgehead atoms. The summed E-state index contributed by atoms with van der Waals surface area (Å²) in [7, 11) is 0. The third-order valence-electron chi connectivity index (χ3n) is 2.90. The van der Waals surface area contributed by atoms with Crippen LogP contribution < -0.4 is 4.90 Å². The monoisotopic (exact) mass is 193 g/mol. The fourth-order valence-corrected chi connectivity index (χ4v) is 2.61. The Morgan fingerprint density at radius 3 is 2.77 bits per heavy atom. The predicted molar refractivity (Wildman–Crippen MR) is 46.0 cm³/mol. The molecule has 1 aromatic rings. The topological polar surface area (TPSA) is 65.7 Å². The smallest absolute Gasteiger partial charge is 0.227 e. The first-order valence-electron chi connectivity index (χ1n) is 4.20. The maximum Gasteiger partial charge on any atom is 0.227 e. The van der Waals surface area contributed by atoms with Crippen molar-refractivity contribution >= 4 is 16.7 Å². The fraction of sp³-hybridized carbons (Fsp3) is 0.714. The molecule has 1 saturated heterocycles. The quantitative estimate of drug-likeness (QED) is 0.634. The number of aromatic nitrogens is 3. The lowest BCUT2D eigenvalue weighted by Crippen LogP contribution is -2.23. The minimum Gasteiger partial charge on any atom is -0.345 e. The zero-order valence-corrected chi connectivity index (χ0v) is 7.61.